The predicted molar refractivity (Wildman–Crippen MR) is 66.7 cm³/mol. The molecule has 0 radical (unpaired) electrons. The van der Waals surface area contributed by atoms with Gasteiger partial charge in [-0.2, -0.15) is 0 Å². The summed E-state index contributed by atoms with van der Waals surface area (Å²) in [5.74, 6) is 0.544. The standard InChI is InChI=1S/C11H22N2O2.ClH/c1-4-15-9(3)11(14)13-6-5-10(7-13)8(2)12;/h8-10H,4-7,12H2,1-3H3;1H. The zero-order chi connectivity index (χ0) is 11.4. The maximum atomic E-state index is 11.9. The fourth-order valence-electron chi connectivity index (χ4n) is 2.00. The summed E-state index contributed by atoms with van der Waals surface area (Å²) < 4.78 is 5.29. The van der Waals surface area contributed by atoms with Gasteiger partial charge in [0.2, 0.25) is 0 Å². The molecule has 1 rings (SSSR count). The van der Waals surface area contributed by atoms with Crippen LogP contribution in [0.2, 0.25) is 0 Å². The average molecular weight is 251 g/mol. The lowest BCUT2D eigenvalue weighted by molar-refractivity contribution is -0.141. The lowest BCUT2D eigenvalue weighted by atomic mass is 10.0. The molecule has 4 nitrogen and oxygen atoms in total. The van der Waals surface area contributed by atoms with Crippen molar-refractivity contribution >= 4 is 18.3 Å². The van der Waals surface area contributed by atoms with Gasteiger partial charge in [-0.05, 0) is 33.1 Å². The van der Waals surface area contributed by atoms with Gasteiger partial charge < -0.3 is 15.4 Å². The smallest absolute Gasteiger partial charge is 0.251 e. The first-order chi connectivity index (χ1) is 7.06. The third kappa shape index (κ3) is 3.92. The molecule has 96 valence electrons. The fourth-order valence-corrected chi connectivity index (χ4v) is 2.00. The summed E-state index contributed by atoms with van der Waals surface area (Å²) in [6.07, 6.45) is 0.698. The minimum Gasteiger partial charge on any atom is -0.369 e. The molecule has 0 spiro atoms. The summed E-state index contributed by atoms with van der Waals surface area (Å²) in [4.78, 5) is 13.7. The highest BCUT2D eigenvalue weighted by molar-refractivity contribution is 5.85. The Morgan fingerprint density at radius 3 is 2.62 bits per heavy atom. The molecule has 2 N–H and O–H groups in total. The van der Waals surface area contributed by atoms with Crippen LogP contribution >= 0.6 is 12.4 Å². The van der Waals surface area contributed by atoms with Crippen molar-refractivity contribution in [3.05, 3.63) is 0 Å². The van der Waals surface area contributed by atoms with E-state index in [0.29, 0.717) is 12.5 Å². The molecule has 1 amide bonds. The number of carbonyl (C=O) groups excluding carboxylic acids is 1. The molecule has 1 fully saturated rings. The molecule has 3 unspecified atom stereocenters. The molecule has 0 bridgehead atoms. The number of nitrogens with zero attached hydrogens (tertiary/aromatic N) is 1. The van der Waals surface area contributed by atoms with Crippen molar-refractivity contribution in [2.75, 3.05) is 19.7 Å². The van der Waals surface area contributed by atoms with Gasteiger partial charge in [-0.25, -0.2) is 0 Å². The van der Waals surface area contributed by atoms with Gasteiger partial charge in [-0.15, -0.1) is 12.4 Å². The van der Waals surface area contributed by atoms with Gasteiger partial charge in [0.05, 0.1) is 0 Å². The van der Waals surface area contributed by atoms with Crippen LogP contribution in [-0.2, 0) is 9.53 Å². The van der Waals surface area contributed by atoms with Gasteiger partial charge in [-0.3, -0.25) is 4.79 Å². The highest BCUT2D eigenvalue weighted by Gasteiger charge is 2.30. The number of rotatable bonds is 4. The van der Waals surface area contributed by atoms with Gasteiger partial charge >= 0.3 is 0 Å². The maximum absolute atomic E-state index is 11.9. The summed E-state index contributed by atoms with van der Waals surface area (Å²) >= 11 is 0. The summed E-state index contributed by atoms with van der Waals surface area (Å²) in [5.41, 5.74) is 5.83. The topological polar surface area (TPSA) is 55.6 Å². The number of hydrogen-bond donors (Lipinski definition) is 1. The van der Waals surface area contributed by atoms with Crippen LogP contribution in [0.1, 0.15) is 27.2 Å². The quantitative estimate of drug-likeness (QED) is 0.811. The maximum Gasteiger partial charge on any atom is 0.251 e. The number of nitrogens with two attached hydrogens (primary N) is 1. The lowest BCUT2D eigenvalue weighted by Crippen LogP contribution is -2.39. The first-order valence-corrected chi connectivity index (χ1v) is 5.72. The molecule has 1 heterocycles. The van der Waals surface area contributed by atoms with E-state index >= 15 is 0 Å². The van der Waals surface area contributed by atoms with E-state index in [1.54, 1.807) is 0 Å². The van der Waals surface area contributed by atoms with E-state index in [0.717, 1.165) is 19.5 Å². The van der Waals surface area contributed by atoms with E-state index in [1.165, 1.54) is 0 Å². The van der Waals surface area contributed by atoms with Crippen LogP contribution in [0.15, 0.2) is 0 Å². The highest BCUT2D eigenvalue weighted by atomic mass is 35.5. The first-order valence-electron chi connectivity index (χ1n) is 5.72. The van der Waals surface area contributed by atoms with Crippen molar-refractivity contribution in [3.8, 4) is 0 Å². The lowest BCUT2D eigenvalue weighted by Gasteiger charge is -2.21. The number of halogens is 1. The van der Waals surface area contributed by atoms with Crippen LogP contribution in [0.4, 0.5) is 0 Å². The van der Waals surface area contributed by atoms with E-state index in [1.807, 2.05) is 25.7 Å². The predicted octanol–water partition coefficient (Wildman–Crippen LogP) is 1.03. The van der Waals surface area contributed by atoms with Crippen LogP contribution in [-0.4, -0.2) is 42.6 Å². The minimum atomic E-state index is -0.318. The number of carbonyl (C=O) groups is 1. The number of likely N-dealkylation sites (tertiary alicyclic amines) is 1. The van der Waals surface area contributed by atoms with Gasteiger partial charge in [0, 0.05) is 25.7 Å². The number of ether oxygens (including phenoxy) is 1. The van der Waals surface area contributed by atoms with Gasteiger partial charge in [0.25, 0.3) is 5.91 Å². The molecular weight excluding hydrogens is 228 g/mol. The summed E-state index contributed by atoms with van der Waals surface area (Å²) in [6.45, 7) is 7.90. The minimum absolute atomic E-state index is 0. The SMILES string of the molecule is CCOC(C)C(=O)N1CCC(C(C)N)C1.Cl. The molecule has 1 saturated heterocycles. The molecule has 0 aliphatic carbocycles. The van der Waals surface area contributed by atoms with E-state index in [4.69, 9.17) is 10.5 Å². The molecule has 5 heteroatoms. The average Bonchev–Trinajstić information content (AvgIpc) is 2.65. The van der Waals surface area contributed by atoms with Crippen molar-refractivity contribution in [2.45, 2.75) is 39.3 Å². The Kier molecular flexibility index (Phi) is 6.95. The second kappa shape index (κ2) is 7.09. The second-order valence-corrected chi connectivity index (χ2v) is 4.29. The van der Waals surface area contributed by atoms with Crippen LogP contribution in [0.5, 0.6) is 0 Å². The Morgan fingerprint density at radius 2 is 2.19 bits per heavy atom. The van der Waals surface area contributed by atoms with Crippen molar-refractivity contribution in [3.63, 3.8) is 0 Å². The Labute approximate surface area is 104 Å². The van der Waals surface area contributed by atoms with Crippen molar-refractivity contribution in [1.29, 1.82) is 0 Å². The zero-order valence-corrected chi connectivity index (χ0v) is 11.1. The van der Waals surface area contributed by atoms with Crippen molar-refractivity contribution in [1.82, 2.24) is 4.90 Å². The second-order valence-electron chi connectivity index (χ2n) is 4.29. The Balaban J connectivity index is 0.00000225. The summed E-state index contributed by atoms with van der Waals surface area (Å²) in [5, 5.41) is 0. The zero-order valence-electron chi connectivity index (χ0n) is 10.3. The van der Waals surface area contributed by atoms with Crippen molar-refractivity contribution in [2.24, 2.45) is 11.7 Å². The van der Waals surface area contributed by atoms with E-state index in [2.05, 4.69) is 0 Å². The molecule has 0 aromatic heterocycles. The molecule has 3 atom stereocenters. The van der Waals surface area contributed by atoms with E-state index < -0.39 is 0 Å². The first kappa shape index (κ1) is 15.7. The number of amides is 1. The van der Waals surface area contributed by atoms with E-state index in [9.17, 15) is 4.79 Å². The molecule has 16 heavy (non-hydrogen) atoms. The Morgan fingerprint density at radius 1 is 1.56 bits per heavy atom. The molecule has 0 aromatic carbocycles. The molecule has 1 aliphatic rings. The van der Waals surface area contributed by atoms with E-state index in [-0.39, 0.29) is 30.5 Å². The van der Waals surface area contributed by atoms with Crippen LogP contribution in [0, 0.1) is 5.92 Å². The highest BCUT2D eigenvalue weighted by Crippen LogP contribution is 2.19. The molecule has 1 aliphatic heterocycles. The summed E-state index contributed by atoms with van der Waals surface area (Å²) in [7, 11) is 0. The number of hydrogen-bond acceptors (Lipinski definition) is 3. The van der Waals surface area contributed by atoms with Gasteiger partial charge in [-0.1, -0.05) is 0 Å². The van der Waals surface area contributed by atoms with Gasteiger partial charge in [0.15, 0.2) is 0 Å². The van der Waals surface area contributed by atoms with Crippen LogP contribution in [0.3, 0.4) is 0 Å². The third-order valence-electron chi connectivity index (χ3n) is 3.04. The van der Waals surface area contributed by atoms with Crippen LogP contribution in [0.25, 0.3) is 0 Å². The largest absolute Gasteiger partial charge is 0.369 e. The monoisotopic (exact) mass is 250 g/mol. The molecular formula is C11H23ClN2O2. The Hall–Kier alpha value is -0.320. The normalized spacial score (nSPS) is 23.8. The van der Waals surface area contributed by atoms with Gasteiger partial charge in [0.1, 0.15) is 6.10 Å². The molecule has 0 aromatic rings. The summed E-state index contributed by atoms with van der Waals surface area (Å²) in [6, 6.07) is 0.171. The van der Waals surface area contributed by atoms with Crippen LogP contribution < -0.4 is 5.73 Å². The Bertz CT molecular complexity index is 224. The van der Waals surface area contributed by atoms with Crippen molar-refractivity contribution < 1.29 is 9.53 Å². The third-order valence-corrected chi connectivity index (χ3v) is 3.04. The molecule has 0 saturated carbocycles. The fraction of sp³-hybridized carbons (Fsp3) is 0.909.